The smallest absolute Gasteiger partial charge is 0.288 e. The maximum absolute atomic E-state index is 11.9. The van der Waals surface area contributed by atoms with Gasteiger partial charge in [-0.05, 0) is 61.2 Å². The lowest BCUT2D eigenvalue weighted by atomic mass is 10.1. The Morgan fingerprint density at radius 2 is 1.88 bits per heavy atom. The first-order valence-corrected chi connectivity index (χ1v) is 11.1. The molecule has 7 nitrogen and oxygen atoms in total. The minimum atomic E-state index is -0.281. The number of nitrogens with zero attached hydrogens (tertiary/aromatic N) is 2. The lowest BCUT2D eigenvalue weighted by Crippen LogP contribution is -2.25. The van der Waals surface area contributed by atoms with E-state index in [-0.39, 0.29) is 17.8 Å². The Kier molecular flexibility index (Phi) is 5.71. The number of nitrogens with one attached hydrogen (secondary N) is 1. The molecule has 1 amide bonds. The van der Waals surface area contributed by atoms with Gasteiger partial charge in [0.05, 0.1) is 18.8 Å². The zero-order valence-electron chi connectivity index (χ0n) is 18.1. The number of amides is 1. The summed E-state index contributed by atoms with van der Waals surface area (Å²) < 4.78 is 17.1. The Morgan fingerprint density at radius 3 is 2.59 bits per heavy atom. The Labute approximate surface area is 187 Å². The second kappa shape index (κ2) is 8.94. The van der Waals surface area contributed by atoms with Crippen molar-refractivity contribution in [1.82, 2.24) is 10.3 Å². The molecule has 1 atom stereocenters. The van der Waals surface area contributed by atoms with Crippen LogP contribution in [0, 0.1) is 6.92 Å². The van der Waals surface area contributed by atoms with Gasteiger partial charge in [0.2, 0.25) is 5.76 Å². The van der Waals surface area contributed by atoms with Crippen molar-refractivity contribution in [2.45, 2.75) is 44.9 Å². The molecule has 2 aromatic carbocycles. The van der Waals surface area contributed by atoms with Crippen LogP contribution < -0.4 is 19.7 Å². The first kappa shape index (κ1) is 20.4. The normalized spacial score (nSPS) is 17.9. The number of carbonyl (C=O) groups excluding carboxylic acids is 1. The van der Waals surface area contributed by atoms with E-state index in [0.29, 0.717) is 12.6 Å². The minimum Gasteiger partial charge on any atom is -0.490 e. The Hall–Kier alpha value is -3.48. The van der Waals surface area contributed by atoms with Gasteiger partial charge < -0.3 is 24.1 Å². The number of benzene rings is 2. The summed E-state index contributed by atoms with van der Waals surface area (Å²) in [4.78, 5) is 18.1. The van der Waals surface area contributed by atoms with Crippen molar-refractivity contribution >= 4 is 11.6 Å². The number of carbonyl (C=O) groups is 1. The van der Waals surface area contributed by atoms with Crippen LogP contribution in [0.2, 0.25) is 0 Å². The Balaban J connectivity index is 1.12. The monoisotopic (exact) mass is 433 g/mol. The second-order valence-electron chi connectivity index (χ2n) is 8.43. The molecule has 32 heavy (non-hydrogen) atoms. The molecular weight excluding hydrogens is 406 g/mol. The lowest BCUT2D eigenvalue weighted by Gasteiger charge is -2.22. The van der Waals surface area contributed by atoms with E-state index in [4.69, 9.17) is 13.9 Å². The number of rotatable bonds is 8. The van der Waals surface area contributed by atoms with Gasteiger partial charge in [-0.2, -0.15) is 0 Å². The number of aryl methyl sites for hydroxylation is 1. The molecule has 1 saturated carbocycles. The Bertz CT molecular complexity index is 1060. The van der Waals surface area contributed by atoms with Gasteiger partial charge in [0.1, 0.15) is 17.6 Å². The van der Waals surface area contributed by atoms with Gasteiger partial charge in [0.15, 0.2) is 6.39 Å². The highest BCUT2D eigenvalue weighted by Gasteiger charge is 2.26. The van der Waals surface area contributed by atoms with Crippen LogP contribution in [0.5, 0.6) is 11.5 Å². The van der Waals surface area contributed by atoms with Gasteiger partial charge in [-0.1, -0.05) is 12.1 Å². The van der Waals surface area contributed by atoms with Crippen LogP contribution in [-0.4, -0.2) is 36.2 Å². The predicted octanol–water partition coefficient (Wildman–Crippen LogP) is 4.11. The highest BCUT2D eigenvalue weighted by atomic mass is 16.5. The van der Waals surface area contributed by atoms with Crippen LogP contribution in [0.3, 0.4) is 0 Å². The number of hydrogen-bond donors (Lipinski definition) is 1. The van der Waals surface area contributed by atoms with Crippen molar-refractivity contribution in [1.29, 1.82) is 0 Å². The number of anilines is 1. The van der Waals surface area contributed by atoms with E-state index >= 15 is 0 Å². The Morgan fingerprint density at radius 1 is 1.09 bits per heavy atom. The molecule has 0 radical (unpaired) electrons. The van der Waals surface area contributed by atoms with Gasteiger partial charge in [-0.15, -0.1) is 0 Å². The van der Waals surface area contributed by atoms with Crippen LogP contribution in [0.25, 0.3) is 0 Å². The predicted molar refractivity (Wildman–Crippen MR) is 120 cm³/mol. The molecule has 0 bridgehead atoms. The van der Waals surface area contributed by atoms with E-state index in [2.05, 4.69) is 40.3 Å². The topological polar surface area (TPSA) is 76.8 Å². The number of aromatic nitrogens is 1. The van der Waals surface area contributed by atoms with Gasteiger partial charge in [0, 0.05) is 25.2 Å². The van der Waals surface area contributed by atoms with Crippen LogP contribution in [0.4, 0.5) is 5.69 Å². The van der Waals surface area contributed by atoms with Gasteiger partial charge >= 0.3 is 0 Å². The molecule has 1 aliphatic heterocycles. The summed E-state index contributed by atoms with van der Waals surface area (Å²) in [5, 5.41) is 2.81. The first-order valence-electron chi connectivity index (χ1n) is 11.1. The summed E-state index contributed by atoms with van der Waals surface area (Å²) in [6.07, 6.45) is 6.53. The average Bonchev–Trinajstić information content (AvgIpc) is 3.25. The summed E-state index contributed by atoms with van der Waals surface area (Å²) in [5.41, 5.74) is 3.47. The fourth-order valence-corrected chi connectivity index (χ4v) is 3.95. The van der Waals surface area contributed by atoms with Crippen molar-refractivity contribution < 1.29 is 18.7 Å². The van der Waals surface area contributed by atoms with E-state index in [0.717, 1.165) is 36.6 Å². The summed E-state index contributed by atoms with van der Waals surface area (Å²) in [5.74, 6) is 1.73. The maximum atomic E-state index is 11.9. The molecule has 2 heterocycles. The number of hydrogen-bond acceptors (Lipinski definition) is 6. The second-order valence-corrected chi connectivity index (χ2v) is 8.43. The molecule has 1 N–H and O–H groups in total. The summed E-state index contributed by atoms with van der Waals surface area (Å²) in [7, 11) is 0. The zero-order valence-corrected chi connectivity index (χ0v) is 18.1. The van der Waals surface area contributed by atoms with Crippen LogP contribution in [-0.2, 0) is 6.54 Å². The largest absolute Gasteiger partial charge is 0.490 e. The molecule has 1 aliphatic carbocycles. The van der Waals surface area contributed by atoms with E-state index in [1.807, 2.05) is 24.3 Å². The molecule has 1 aromatic heterocycles. The number of ether oxygens (including phenoxy) is 2. The van der Waals surface area contributed by atoms with Crippen molar-refractivity contribution in [3.05, 3.63) is 71.9 Å². The molecule has 166 valence electrons. The van der Waals surface area contributed by atoms with Crippen LogP contribution >= 0.6 is 0 Å². The standard InChI is InChI=1S/C25H27N3O4/c1-17-12-21(31-20-6-7-20)8-9-23(17)28-11-10-22(15-28)32-19-4-2-18(3-5-19)13-27-25(29)24-14-26-16-30-24/h2-5,8-9,12,14,16,20,22H,6-7,10-11,13,15H2,1H3,(H,27,29)/t22-/m1/s1. The summed E-state index contributed by atoms with van der Waals surface area (Å²) in [6.45, 7) is 4.39. The highest BCUT2D eigenvalue weighted by Crippen LogP contribution is 2.32. The molecule has 2 fully saturated rings. The average molecular weight is 434 g/mol. The fourth-order valence-electron chi connectivity index (χ4n) is 3.95. The molecule has 1 saturated heterocycles. The molecule has 0 unspecified atom stereocenters. The summed E-state index contributed by atoms with van der Waals surface area (Å²) in [6, 6.07) is 14.2. The highest BCUT2D eigenvalue weighted by molar-refractivity contribution is 5.90. The van der Waals surface area contributed by atoms with Gasteiger partial charge in [0.25, 0.3) is 5.91 Å². The fraction of sp³-hybridized carbons (Fsp3) is 0.360. The molecule has 2 aliphatic rings. The van der Waals surface area contributed by atoms with Crippen LogP contribution in [0.15, 0.2) is 59.5 Å². The zero-order chi connectivity index (χ0) is 21.9. The minimum absolute atomic E-state index is 0.147. The van der Waals surface area contributed by atoms with Crippen molar-refractivity contribution in [2.24, 2.45) is 0 Å². The third-order valence-corrected chi connectivity index (χ3v) is 5.82. The lowest BCUT2D eigenvalue weighted by molar-refractivity contribution is 0.0923. The molecule has 7 heteroatoms. The quantitative estimate of drug-likeness (QED) is 0.576. The molecular formula is C25H27N3O4. The van der Waals surface area contributed by atoms with Crippen LogP contribution in [0.1, 0.15) is 40.9 Å². The SMILES string of the molecule is Cc1cc(OC2CC2)ccc1N1CC[C@@H](Oc2ccc(CNC(=O)c3cnco3)cc2)C1. The third-order valence-electron chi connectivity index (χ3n) is 5.82. The van der Waals surface area contributed by atoms with E-state index in [1.54, 1.807) is 0 Å². The molecule has 0 spiro atoms. The van der Waals surface area contributed by atoms with Crippen molar-refractivity contribution in [2.75, 3.05) is 18.0 Å². The van der Waals surface area contributed by atoms with Crippen molar-refractivity contribution in [3.8, 4) is 11.5 Å². The maximum Gasteiger partial charge on any atom is 0.288 e. The van der Waals surface area contributed by atoms with E-state index in [1.165, 1.54) is 36.7 Å². The van der Waals surface area contributed by atoms with Crippen molar-refractivity contribution in [3.63, 3.8) is 0 Å². The molecule has 3 aromatic rings. The molecule has 5 rings (SSSR count). The van der Waals surface area contributed by atoms with Gasteiger partial charge in [-0.25, -0.2) is 4.98 Å². The summed E-state index contributed by atoms with van der Waals surface area (Å²) >= 11 is 0. The van der Waals surface area contributed by atoms with E-state index < -0.39 is 0 Å². The number of oxazole rings is 1. The first-order chi connectivity index (χ1) is 15.6. The third kappa shape index (κ3) is 4.88. The van der Waals surface area contributed by atoms with Gasteiger partial charge in [-0.3, -0.25) is 4.79 Å². The van der Waals surface area contributed by atoms with E-state index in [9.17, 15) is 4.79 Å².